The van der Waals surface area contributed by atoms with Crippen molar-refractivity contribution in [1.82, 2.24) is 20.2 Å². The molecule has 13 heteroatoms. The van der Waals surface area contributed by atoms with Crippen LogP contribution in [0.4, 0.5) is 0 Å². The smallest absolute Gasteiger partial charge is 0.308 e. The second-order valence-corrected chi connectivity index (χ2v) is 9.42. The maximum atomic E-state index is 12.6. The summed E-state index contributed by atoms with van der Waals surface area (Å²) in [5, 5.41) is 13.3. The van der Waals surface area contributed by atoms with E-state index < -0.39 is 5.97 Å². The largest absolute Gasteiger partial charge is 0.493 e. The molecule has 0 unspecified atom stereocenters. The second kappa shape index (κ2) is 14.0. The number of carbonyl (C=O) groups excluding carboxylic acids is 2. The van der Waals surface area contributed by atoms with Gasteiger partial charge in [-0.25, -0.2) is 5.43 Å². The van der Waals surface area contributed by atoms with E-state index in [2.05, 4.69) is 20.7 Å². The van der Waals surface area contributed by atoms with Crippen molar-refractivity contribution in [2.45, 2.75) is 12.1 Å². The number of nitrogens with zero attached hydrogens (tertiary/aromatic N) is 4. The highest BCUT2D eigenvalue weighted by Gasteiger charge is 2.21. The molecule has 12 nitrogen and oxygen atoms in total. The summed E-state index contributed by atoms with van der Waals surface area (Å²) in [6.45, 7) is 1.30. The zero-order valence-corrected chi connectivity index (χ0v) is 24.4. The van der Waals surface area contributed by atoms with E-state index in [0.717, 1.165) is 5.69 Å². The highest BCUT2D eigenvalue weighted by atomic mass is 32.2. The van der Waals surface area contributed by atoms with E-state index in [1.54, 1.807) is 44.6 Å². The number of esters is 1. The molecule has 4 aromatic rings. The summed E-state index contributed by atoms with van der Waals surface area (Å²) in [7, 11) is 6.08. The minimum atomic E-state index is -0.460. The van der Waals surface area contributed by atoms with Crippen LogP contribution in [0.2, 0.25) is 0 Å². The molecule has 42 heavy (non-hydrogen) atoms. The molecule has 1 aromatic heterocycles. The first-order chi connectivity index (χ1) is 20.4. The molecular weight excluding hydrogens is 562 g/mol. The lowest BCUT2D eigenvalue weighted by atomic mass is 10.1. The summed E-state index contributed by atoms with van der Waals surface area (Å²) in [4.78, 5) is 23.9. The van der Waals surface area contributed by atoms with Gasteiger partial charge < -0.3 is 23.7 Å². The van der Waals surface area contributed by atoms with Crippen LogP contribution in [0.1, 0.15) is 12.5 Å². The van der Waals surface area contributed by atoms with Crippen molar-refractivity contribution in [3.8, 4) is 45.8 Å². The average molecular weight is 592 g/mol. The molecule has 0 fully saturated rings. The van der Waals surface area contributed by atoms with Crippen LogP contribution in [0.3, 0.4) is 0 Å². The van der Waals surface area contributed by atoms with Gasteiger partial charge in [0.1, 0.15) is 0 Å². The highest BCUT2D eigenvalue weighted by Crippen LogP contribution is 2.41. The third-order valence-corrected chi connectivity index (χ3v) is 6.68. The third-order valence-electron chi connectivity index (χ3n) is 5.75. The zero-order valence-electron chi connectivity index (χ0n) is 23.6. The maximum absolute atomic E-state index is 12.6. The van der Waals surface area contributed by atoms with Crippen molar-refractivity contribution in [1.29, 1.82) is 0 Å². The van der Waals surface area contributed by atoms with Crippen LogP contribution in [0, 0.1) is 0 Å². The molecule has 218 valence electrons. The highest BCUT2D eigenvalue weighted by molar-refractivity contribution is 7.99. The summed E-state index contributed by atoms with van der Waals surface area (Å²) in [5.74, 6) is 1.78. The molecule has 0 aliphatic heterocycles. The first-order valence-corrected chi connectivity index (χ1v) is 13.5. The normalized spacial score (nSPS) is 10.8. The Morgan fingerprint density at radius 2 is 1.57 bits per heavy atom. The van der Waals surface area contributed by atoms with E-state index in [4.69, 9.17) is 23.7 Å². The Morgan fingerprint density at radius 3 is 2.19 bits per heavy atom. The van der Waals surface area contributed by atoms with Gasteiger partial charge in [0.25, 0.3) is 5.91 Å². The molecule has 1 amide bonds. The van der Waals surface area contributed by atoms with Crippen molar-refractivity contribution in [3.63, 3.8) is 0 Å². The number of benzene rings is 3. The van der Waals surface area contributed by atoms with E-state index in [-0.39, 0.29) is 17.4 Å². The number of thioether (sulfide) groups is 1. The van der Waals surface area contributed by atoms with Gasteiger partial charge in [0.2, 0.25) is 5.75 Å². The quantitative estimate of drug-likeness (QED) is 0.0842. The molecule has 0 spiro atoms. The molecule has 3 aromatic carbocycles. The molecule has 0 saturated carbocycles. The number of methoxy groups -OCH3 is 4. The molecular formula is C29H29N5O7S. The van der Waals surface area contributed by atoms with Gasteiger partial charge in [-0.2, -0.15) is 5.10 Å². The SMILES string of the molecule is COc1cc(/C=N\NC(=O)CSc2nnc(-c3cc(OC)c(OC)c(OC)c3)n2-c2ccccc2)ccc1OC(C)=O. The molecule has 0 aliphatic rings. The minimum absolute atomic E-state index is 0.0201. The number of nitrogens with one attached hydrogen (secondary N) is 1. The molecule has 0 saturated heterocycles. The Balaban J connectivity index is 1.53. The summed E-state index contributed by atoms with van der Waals surface area (Å²) < 4.78 is 28.7. The van der Waals surface area contributed by atoms with Crippen LogP contribution in [-0.2, 0) is 9.59 Å². The van der Waals surface area contributed by atoms with Gasteiger partial charge in [-0.15, -0.1) is 10.2 Å². The van der Waals surface area contributed by atoms with Gasteiger partial charge >= 0.3 is 5.97 Å². The van der Waals surface area contributed by atoms with Crippen molar-refractivity contribution < 1.29 is 33.3 Å². The van der Waals surface area contributed by atoms with Crippen molar-refractivity contribution in [3.05, 3.63) is 66.2 Å². The van der Waals surface area contributed by atoms with E-state index in [9.17, 15) is 9.59 Å². The van der Waals surface area contributed by atoms with Gasteiger partial charge in [-0.3, -0.25) is 14.2 Å². The Hall–Kier alpha value is -5.04. The number of carbonyl (C=O) groups is 2. The molecule has 0 bridgehead atoms. The standard InChI is InChI=1S/C29H29N5O7S/c1-18(35)41-22-12-11-19(13-23(22)37-2)16-30-31-26(36)17-42-29-33-32-28(34(29)21-9-7-6-8-10-21)20-14-24(38-3)27(40-5)25(15-20)39-4/h6-16H,17H2,1-5H3,(H,31,36)/b30-16-. The number of hydrogen-bond acceptors (Lipinski definition) is 11. The van der Waals surface area contributed by atoms with Crippen LogP contribution < -0.4 is 29.1 Å². The fourth-order valence-corrected chi connectivity index (χ4v) is 4.66. The lowest BCUT2D eigenvalue weighted by molar-refractivity contribution is -0.132. The molecule has 0 aliphatic carbocycles. The monoisotopic (exact) mass is 591 g/mol. The van der Waals surface area contributed by atoms with E-state index in [1.807, 2.05) is 34.9 Å². The Bertz CT molecular complexity index is 1570. The Labute approximate surface area is 246 Å². The van der Waals surface area contributed by atoms with Crippen LogP contribution in [0.25, 0.3) is 17.1 Å². The van der Waals surface area contributed by atoms with E-state index >= 15 is 0 Å². The van der Waals surface area contributed by atoms with Crippen molar-refractivity contribution in [2.24, 2.45) is 5.10 Å². The van der Waals surface area contributed by atoms with Crippen molar-refractivity contribution >= 4 is 29.9 Å². The Morgan fingerprint density at radius 1 is 0.881 bits per heavy atom. The minimum Gasteiger partial charge on any atom is -0.493 e. The molecule has 4 rings (SSSR count). The van der Waals surface area contributed by atoms with E-state index in [1.165, 1.54) is 39.1 Å². The first kappa shape index (κ1) is 29.9. The predicted octanol–water partition coefficient (Wildman–Crippen LogP) is 4.14. The summed E-state index contributed by atoms with van der Waals surface area (Å²) in [5.41, 5.74) is 4.62. The second-order valence-electron chi connectivity index (χ2n) is 8.48. The lowest BCUT2D eigenvalue weighted by Gasteiger charge is -2.15. The molecule has 0 atom stereocenters. The number of aromatic nitrogens is 3. The topological polar surface area (TPSA) is 135 Å². The number of para-hydroxylation sites is 1. The van der Waals surface area contributed by atoms with Gasteiger partial charge in [0, 0.05) is 18.2 Å². The number of hydrogen-bond donors (Lipinski definition) is 1. The molecule has 1 N–H and O–H groups in total. The molecule has 1 heterocycles. The first-order valence-electron chi connectivity index (χ1n) is 12.5. The number of ether oxygens (including phenoxy) is 5. The van der Waals surface area contributed by atoms with Crippen LogP contribution in [-0.4, -0.2) is 67.0 Å². The summed E-state index contributed by atoms with van der Waals surface area (Å²) in [6.07, 6.45) is 1.46. The average Bonchev–Trinajstić information content (AvgIpc) is 3.44. The third kappa shape index (κ3) is 6.99. The van der Waals surface area contributed by atoms with Gasteiger partial charge in [-0.1, -0.05) is 30.0 Å². The zero-order chi connectivity index (χ0) is 30.1. The van der Waals surface area contributed by atoms with Gasteiger partial charge in [0.05, 0.1) is 40.4 Å². The fraction of sp³-hybridized carbons (Fsp3) is 0.207. The molecule has 0 radical (unpaired) electrons. The van der Waals surface area contributed by atoms with Gasteiger partial charge in [-0.05, 0) is 48.0 Å². The van der Waals surface area contributed by atoms with Gasteiger partial charge in [0.15, 0.2) is 34.0 Å². The van der Waals surface area contributed by atoms with Crippen LogP contribution in [0.15, 0.2) is 70.9 Å². The predicted molar refractivity (Wildman–Crippen MR) is 157 cm³/mol. The van der Waals surface area contributed by atoms with Crippen molar-refractivity contribution in [2.75, 3.05) is 34.2 Å². The van der Waals surface area contributed by atoms with Crippen LogP contribution >= 0.6 is 11.8 Å². The number of rotatable bonds is 12. The lowest BCUT2D eigenvalue weighted by Crippen LogP contribution is -2.20. The number of hydrazone groups is 1. The fourth-order valence-electron chi connectivity index (χ4n) is 3.92. The maximum Gasteiger partial charge on any atom is 0.308 e. The summed E-state index contributed by atoms with van der Waals surface area (Å²) >= 11 is 1.20. The van der Waals surface area contributed by atoms with Crippen LogP contribution in [0.5, 0.6) is 28.7 Å². The van der Waals surface area contributed by atoms with E-state index in [0.29, 0.717) is 45.1 Å². The Kier molecular flexibility index (Phi) is 10.0. The summed E-state index contributed by atoms with van der Waals surface area (Å²) in [6, 6.07) is 18.0. The number of amides is 1.